The van der Waals surface area contributed by atoms with E-state index in [1.165, 1.54) is 6.08 Å². The van der Waals surface area contributed by atoms with Gasteiger partial charge in [-0.15, -0.1) is 0 Å². The van der Waals surface area contributed by atoms with Crippen LogP contribution in [0.1, 0.15) is 19.3 Å². The number of halogens is 3. The Kier molecular flexibility index (Phi) is 5.41. The van der Waals surface area contributed by atoms with Crippen LogP contribution in [0.2, 0.25) is 0 Å². The van der Waals surface area contributed by atoms with Crippen LogP contribution in [-0.2, 0) is 4.79 Å². The summed E-state index contributed by atoms with van der Waals surface area (Å²) in [5.74, 6) is -0.232. The van der Waals surface area contributed by atoms with Crippen molar-refractivity contribution in [2.24, 2.45) is 5.92 Å². The predicted molar refractivity (Wildman–Crippen MR) is 80.0 cm³/mol. The molecule has 0 aromatic rings. The molecule has 1 atom stereocenters. The van der Waals surface area contributed by atoms with Gasteiger partial charge in [0.05, 0.1) is 5.57 Å². The third kappa shape index (κ3) is 4.76. The summed E-state index contributed by atoms with van der Waals surface area (Å²) in [6, 6.07) is 0. The average Bonchev–Trinajstić information content (AvgIpc) is 2.51. The molecule has 0 aromatic heterocycles. The summed E-state index contributed by atoms with van der Waals surface area (Å²) >= 11 is 0. The first-order chi connectivity index (χ1) is 10.5. The van der Waals surface area contributed by atoms with Crippen molar-refractivity contribution < 1.29 is 18.0 Å². The Morgan fingerprint density at radius 1 is 1.36 bits per heavy atom. The molecular formula is C17H18F3NO. The van der Waals surface area contributed by atoms with Crippen molar-refractivity contribution in [2.45, 2.75) is 25.4 Å². The molecule has 2 aliphatic rings. The number of allylic oxidation sites excluding steroid dienone is 8. The molecule has 0 saturated heterocycles. The van der Waals surface area contributed by atoms with Crippen molar-refractivity contribution in [1.29, 1.82) is 0 Å². The second-order valence-electron chi connectivity index (χ2n) is 5.27. The molecule has 2 nitrogen and oxygen atoms in total. The van der Waals surface area contributed by atoms with Crippen LogP contribution in [0.3, 0.4) is 0 Å². The van der Waals surface area contributed by atoms with E-state index in [4.69, 9.17) is 0 Å². The molecule has 2 aliphatic carbocycles. The van der Waals surface area contributed by atoms with Crippen LogP contribution in [0.4, 0.5) is 13.2 Å². The Labute approximate surface area is 127 Å². The van der Waals surface area contributed by atoms with Crippen LogP contribution < -0.4 is 5.32 Å². The van der Waals surface area contributed by atoms with Gasteiger partial charge in [-0.1, -0.05) is 36.5 Å². The number of carbonyl (C=O) groups is 1. The molecule has 0 bridgehead atoms. The molecule has 0 heterocycles. The first kappa shape index (κ1) is 16.3. The lowest BCUT2D eigenvalue weighted by atomic mass is 9.95. The summed E-state index contributed by atoms with van der Waals surface area (Å²) < 4.78 is 37.9. The minimum Gasteiger partial charge on any atom is -0.382 e. The minimum atomic E-state index is -4.29. The van der Waals surface area contributed by atoms with Crippen LogP contribution in [0, 0.1) is 5.92 Å². The predicted octanol–water partition coefficient (Wildman–Crippen LogP) is 4.00. The van der Waals surface area contributed by atoms with Crippen molar-refractivity contribution in [2.75, 3.05) is 6.54 Å². The fourth-order valence-corrected chi connectivity index (χ4v) is 2.39. The standard InChI is InChI=1S/C17H18F3NO/c18-17(19,20)15-7-1-4-13(10-15)6-3-9-21-16-8-2-5-14(11-16)12-22/h1,3,6-8,10-13,21H,2,4-5,9H2/b6-3+. The number of hydrogen-bond donors (Lipinski definition) is 1. The molecule has 1 unspecified atom stereocenters. The lowest BCUT2D eigenvalue weighted by Gasteiger charge is -2.16. The Morgan fingerprint density at radius 3 is 2.91 bits per heavy atom. The Morgan fingerprint density at radius 2 is 2.18 bits per heavy atom. The van der Waals surface area contributed by atoms with Crippen LogP contribution in [0.25, 0.3) is 0 Å². The van der Waals surface area contributed by atoms with Crippen LogP contribution in [0.15, 0.2) is 59.4 Å². The van der Waals surface area contributed by atoms with E-state index in [0.717, 1.165) is 36.5 Å². The van der Waals surface area contributed by atoms with Gasteiger partial charge in [0.1, 0.15) is 6.29 Å². The SMILES string of the molecule is O=CC1=CC(NC/C=C/C2C=C(C(F)(F)F)C=CC2)=CCC1. The Hall–Kier alpha value is -2.04. The molecule has 118 valence electrons. The largest absolute Gasteiger partial charge is 0.416 e. The highest BCUT2D eigenvalue weighted by molar-refractivity contribution is 5.74. The number of hydrogen-bond acceptors (Lipinski definition) is 2. The van der Waals surface area contributed by atoms with Crippen molar-refractivity contribution in [3.8, 4) is 0 Å². The van der Waals surface area contributed by atoms with Crippen molar-refractivity contribution in [1.82, 2.24) is 5.32 Å². The van der Waals surface area contributed by atoms with Crippen LogP contribution >= 0.6 is 0 Å². The molecule has 1 N–H and O–H groups in total. The molecule has 2 rings (SSSR count). The zero-order valence-electron chi connectivity index (χ0n) is 12.1. The third-order valence-corrected chi connectivity index (χ3v) is 3.52. The Balaban J connectivity index is 1.85. The number of rotatable bonds is 5. The lowest BCUT2D eigenvalue weighted by molar-refractivity contribution is -0.105. The Bertz CT molecular complexity index is 565. The first-order valence-corrected chi connectivity index (χ1v) is 7.21. The van der Waals surface area contributed by atoms with Crippen LogP contribution in [0.5, 0.6) is 0 Å². The fraction of sp³-hybridized carbons (Fsp3) is 0.353. The molecule has 5 heteroatoms. The molecule has 0 amide bonds. The number of carbonyl (C=O) groups excluding carboxylic acids is 1. The monoisotopic (exact) mass is 309 g/mol. The van der Waals surface area contributed by atoms with Gasteiger partial charge in [0.25, 0.3) is 0 Å². The summed E-state index contributed by atoms with van der Waals surface area (Å²) in [6.07, 6.45) is 10.0. The van der Waals surface area contributed by atoms with Crippen LogP contribution in [-0.4, -0.2) is 19.0 Å². The summed E-state index contributed by atoms with van der Waals surface area (Å²) in [5, 5.41) is 3.15. The number of nitrogens with one attached hydrogen (secondary N) is 1. The van der Waals surface area contributed by atoms with E-state index in [2.05, 4.69) is 5.32 Å². The van der Waals surface area contributed by atoms with Crippen molar-refractivity contribution >= 4 is 6.29 Å². The van der Waals surface area contributed by atoms with Gasteiger partial charge in [0.15, 0.2) is 0 Å². The maximum Gasteiger partial charge on any atom is 0.416 e. The van der Waals surface area contributed by atoms with E-state index < -0.39 is 11.7 Å². The first-order valence-electron chi connectivity index (χ1n) is 7.21. The van der Waals surface area contributed by atoms with Gasteiger partial charge in [-0.05, 0) is 36.8 Å². The maximum absolute atomic E-state index is 12.6. The van der Waals surface area contributed by atoms with E-state index in [1.54, 1.807) is 18.2 Å². The zero-order chi connectivity index (χ0) is 16.0. The topological polar surface area (TPSA) is 29.1 Å². The maximum atomic E-state index is 12.6. The zero-order valence-corrected chi connectivity index (χ0v) is 12.1. The molecule has 0 fully saturated rings. The van der Waals surface area contributed by atoms with Crippen molar-refractivity contribution in [3.63, 3.8) is 0 Å². The van der Waals surface area contributed by atoms with Gasteiger partial charge in [0.2, 0.25) is 0 Å². The smallest absolute Gasteiger partial charge is 0.382 e. The second kappa shape index (κ2) is 7.29. The van der Waals surface area contributed by atoms with Gasteiger partial charge in [-0.3, -0.25) is 4.79 Å². The van der Waals surface area contributed by atoms with Gasteiger partial charge < -0.3 is 5.32 Å². The highest BCUT2D eigenvalue weighted by Gasteiger charge is 2.32. The van der Waals surface area contributed by atoms with Gasteiger partial charge in [-0.2, -0.15) is 13.2 Å². The average molecular weight is 309 g/mol. The van der Waals surface area contributed by atoms with E-state index in [9.17, 15) is 18.0 Å². The van der Waals surface area contributed by atoms with Crippen molar-refractivity contribution in [3.05, 3.63) is 59.4 Å². The molecule has 0 saturated carbocycles. The lowest BCUT2D eigenvalue weighted by Crippen LogP contribution is -2.15. The molecular weight excluding hydrogens is 291 g/mol. The summed E-state index contributed by atoms with van der Waals surface area (Å²) in [7, 11) is 0. The summed E-state index contributed by atoms with van der Waals surface area (Å²) in [5.41, 5.74) is 1.05. The minimum absolute atomic E-state index is 0.232. The van der Waals surface area contributed by atoms with Gasteiger partial charge >= 0.3 is 6.18 Å². The van der Waals surface area contributed by atoms with Gasteiger partial charge in [-0.25, -0.2) is 0 Å². The molecule has 0 aromatic carbocycles. The second-order valence-corrected chi connectivity index (χ2v) is 5.27. The number of alkyl halides is 3. The molecule has 0 spiro atoms. The molecule has 0 radical (unpaired) electrons. The third-order valence-electron chi connectivity index (χ3n) is 3.52. The molecule has 22 heavy (non-hydrogen) atoms. The highest BCUT2D eigenvalue weighted by Crippen LogP contribution is 2.31. The molecule has 0 aliphatic heterocycles. The number of aldehydes is 1. The fourth-order valence-electron chi connectivity index (χ4n) is 2.39. The normalized spacial score (nSPS) is 22.1. The van der Waals surface area contributed by atoms with E-state index in [1.807, 2.05) is 12.2 Å². The van der Waals surface area contributed by atoms with E-state index in [0.29, 0.717) is 13.0 Å². The quantitative estimate of drug-likeness (QED) is 0.614. The summed E-state index contributed by atoms with van der Waals surface area (Å²) in [6.45, 7) is 0.518. The van der Waals surface area contributed by atoms with Gasteiger partial charge in [0, 0.05) is 12.2 Å². The highest BCUT2D eigenvalue weighted by atomic mass is 19.4. The summed E-state index contributed by atoms with van der Waals surface area (Å²) in [4.78, 5) is 10.7. The van der Waals surface area contributed by atoms with E-state index in [-0.39, 0.29) is 5.92 Å². The van der Waals surface area contributed by atoms with E-state index >= 15 is 0 Å².